The normalized spacial score (nSPS) is 9.69. The highest BCUT2D eigenvalue weighted by Gasteiger charge is 2.06. The van der Waals surface area contributed by atoms with Crippen LogP contribution in [0, 0.1) is 5.82 Å². The highest BCUT2D eigenvalue weighted by atomic mass is 79.9. The monoisotopic (exact) mass is 247 g/mol. The Hall–Kier alpha value is -1.10. The molecule has 0 saturated heterocycles. The van der Waals surface area contributed by atoms with Gasteiger partial charge in [-0.15, -0.1) is 0 Å². The van der Waals surface area contributed by atoms with E-state index in [9.17, 15) is 9.18 Å². The third-order valence-corrected chi connectivity index (χ3v) is 1.98. The van der Waals surface area contributed by atoms with Crippen molar-refractivity contribution in [1.82, 2.24) is 0 Å². The summed E-state index contributed by atoms with van der Waals surface area (Å²) in [4.78, 5) is 10.4. The number of primary amides is 1. The standard InChI is InChI=1S/C8H7BrFNO2/c9-4-5-3-6(10)1-2-7(5)13-8(11)12/h1-3H,4H2,(H2,11,12). The van der Waals surface area contributed by atoms with Gasteiger partial charge in [0.05, 0.1) is 0 Å². The first-order valence-corrected chi connectivity index (χ1v) is 4.57. The third kappa shape index (κ3) is 2.69. The number of hydrogen-bond acceptors (Lipinski definition) is 2. The van der Waals surface area contributed by atoms with Crippen LogP contribution in [-0.4, -0.2) is 6.09 Å². The molecule has 0 saturated carbocycles. The van der Waals surface area contributed by atoms with Crippen LogP contribution < -0.4 is 10.5 Å². The molecule has 1 aromatic carbocycles. The van der Waals surface area contributed by atoms with Crippen molar-refractivity contribution in [2.24, 2.45) is 5.73 Å². The Balaban J connectivity index is 2.99. The van der Waals surface area contributed by atoms with Crippen LogP contribution in [0.3, 0.4) is 0 Å². The molecule has 1 amide bonds. The third-order valence-electron chi connectivity index (χ3n) is 1.38. The molecule has 0 atom stereocenters. The van der Waals surface area contributed by atoms with Crippen molar-refractivity contribution in [1.29, 1.82) is 0 Å². The van der Waals surface area contributed by atoms with Crippen molar-refractivity contribution in [3.05, 3.63) is 29.6 Å². The zero-order valence-corrected chi connectivity index (χ0v) is 8.17. The molecule has 0 aliphatic heterocycles. The van der Waals surface area contributed by atoms with E-state index in [1.807, 2.05) is 0 Å². The number of benzene rings is 1. The first-order valence-electron chi connectivity index (χ1n) is 3.45. The predicted octanol–water partition coefficient (Wildman–Crippen LogP) is 2.18. The summed E-state index contributed by atoms with van der Waals surface area (Å²) in [6, 6.07) is 3.83. The summed E-state index contributed by atoms with van der Waals surface area (Å²) in [6.07, 6.45) is -0.909. The molecule has 0 radical (unpaired) electrons. The number of alkyl halides is 1. The lowest BCUT2D eigenvalue weighted by Crippen LogP contribution is -2.17. The van der Waals surface area contributed by atoms with Crippen LogP contribution in [0.2, 0.25) is 0 Å². The summed E-state index contributed by atoms with van der Waals surface area (Å²) in [5.74, 6) is -0.114. The molecule has 0 heterocycles. The molecule has 0 unspecified atom stereocenters. The molecule has 3 nitrogen and oxygen atoms in total. The van der Waals surface area contributed by atoms with Gasteiger partial charge in [0.15, 0.2) is 0 Å². The van der Waals surface area contributed by atoms with E-state index in [1.165, 1.54) is 18.2 Å². The van der Waals surface area contributed by atoms with Gasteiger partial charge in [-0.05, 0) is 18.2 Å². The van der Waals surface area contributed by atoms with Gasteiger partial charge in [0.25, 0.3) is 0 Å². The van der Waals surface area contributed by atoms with E-state index in [0.29, 0.717) is 10.9 Å². The van der Waals surface area contributed by atoms with Gasteiger partial charge < -0.3 is 10.5 Å². The number of carbonyl (C=O) groups excluding carboxylic acids is 1. The lowest BCUT2D eigenvalue weighted by Gasteiger charge is -2.05. The Bertz CT molecular complexity index is 330. The maximum atomic E-state index is 12.7. The Morgan fingerprint density at radius 3 is 2.85 bits per heavy atom. The zero-order chi connectivity index (χ0) is 9.84. The molecule has 0 aliphatic carbocycles. The molecule has 0 aliphatic rings. The number of hydrogen-bond donors (Lipinski definition) is 1. The van der Waals surface area contributed by atoms with Crippen molar-refractivity contribution in [3.63, 3.8) is 0 Å². The second kappa shape index (κ2) is 4.23. The minimum atomic E-state index is -0.909. The predicted molar refractivity (Wildman–Crippen MR) is 49.2 cm³/mol. The Morgan fingerprint density at radius 1 is 1.62 bits per heavy atom. The maximum Gasteiger partial charge on any atom is 0.409 e. The van der Waals surface area contributed by atoms with E-state index in [2.05, 4.69) is 20.7 Å². The number of amides is 1. The highest BCUT2D eigenvalue weighted by Crippen LogP contribution is 2.21. The van der Waals surface area contributed by atoms with Crippen molar-refractivity contribution < 1.29 is 13.9 Å². The number of halogens is 2. The SMILES string of the molecule is NC(=O)Oc1ccc(F)cc1CBr. The molecule has 1 aromatic rings. The summed E-state index contributed by atoms with van der Waals surface area (Å²) in [7, 11) is 0. The Kier molecular flexibility index (Phi) is 3.25. The van der Waals surface area contributed by atoms with E-state index in [-0.39, 0.29) is 11.6 Å². The molecule has 13 heavy (non-hydrogen) atoms. The summed E-state index contributed by atoms with van der Waals surface area (Å²) in [6.45, 7) is 0. The molecule has 1 rings (SSSR count). The Morgan fingerprint density at radius 2 is 2.31 bits per heavy atom. The van der Waals surface area contributed by atoms with E-state index in [1.54, 1.807) is 0 Å². The van der Waals surface area contributed by atoms with E-state index in [4.69, 9.17) is 5.73 Å². The van der Waals surface area contributed by atoms with Crippen molar-refractivity contribution in [3.8, 4) is 5.75 Å². The van der Waals surface area contributed by atoms with Crippen LogP contribution in [0.1, 0.15) is 5.56 Å². The average molecular weight is 248 g/mol. The fourth-order valence-electron chi connectivity index (χ4n) is 0.860. The molecular formula is C8H7BrFNO2. The van der Waals surface area contributed by atoms with Crippen molar-refractivity contribution in [2.75, 3.05) is 0 Å². The first-order chi connectivity index (χ1) is 6.13. The largest absolute Gasteiger partial charge is 0.410 e. The van der Waals surface area contributed by atoms with Crippen LogP contribution in [0.4, 0.5) is 9.18 Å². The fourth-order valence-corrected chi connectivity index (χ4v) is 1.30. The van der Waals surface area contributed by atoms with Gasteiger partial charge in [-0.1, -0.05) is 15.9 Å². The quantitative estimate of drug-likeness (QED) is 0.815. The maximum absolute atomic E-state index is 12.7. The number of rotatable bonds is 2. The van der Waals surface area contributed by atoms with Crippen molar-refractivity contribution in [2.45, 2.75) is 5.33 Å². The summed E-state index contributed by atoms with van der Waals surface area (Å²) in [5, 5.41) is 0.396. The average Bonchev–Trinajstić information content (AvgIpc) is 2.07. The number of carbonyl (C=O) groups is 1. The zero-order valence-electron chi connectivity index (χ0n) is 6.59. The van der Waals surface area contributed by atoms with E-state index in [0.717, 1.165) is 0 Å². The first kappa shape index (κ1) is 9.98. The molecule has 70 valence electrons. The van der Waals surface area contributed by atoms with Crippen LogP contribution >= 0.6 is 15.9 Å². The van der Waals surface area contributed by atoms with Gasteiger partial charge in [0.2, 0.25) is 0 Å². The smallest absolute Gasteiger partial charge is 0.409 e. The van der Waals surface area contributed by atoms with Crippen LogP contribution in [0.25, 0.3) is 0 Å². The van der Waals surface area contributed by atoms with E-state index < -0.39 is 6.09 Å². The number of nitrogens with two attached hydrogens (primary N) is 1. The second-order valence-electron chi connectivity index (χ2n) is 2.31. The van der Waals surface area contributed by atoms with Crippen LogP contribution in [-0.2, 0) is 5.33 Å². The minimum absolute atomic E-state index is 0.269. The van der Waals surface area contributed by atoms with Crippen molar-refractivity contribution >= 4 is 22.0 Å². The van der Waals surface area contributed by atoms with Crippen LogP contribution in [0.5, 0.6) is 5.75 Å². The molecular weight excluding hydrogens is 241 g/mol. The molecule has 2 N–H and O–H groups in total. The minimum Gasteiger partial charge on any atom is -0.410 e. The van der Waals surface area contributed by atoms with Gasteiger partial charge in [0, 0.05) is 10.9 Å². The summed E-state index contributed by atoms with van der Waals surface area (Å²) in [5.41, 5.74) is 5.36. The van der Waals surface area contributed by atoms with Gasteiger partial charge in [-0.25, -0.2) is 9.18 Å². The highest BCUT2D eigenvalue weighted by molar-refractivity contribution is 9.08. The van der Waals surface area contributed by atoms with Gasteiger partial charge in [-0.3, -0.25) is 0 Å². The molecule has 0 spiro atoms. The van der Waals surface area contributed by atoms with Gasteiger partial charge in [-0.2, -0.15) is 0 Å². The molecule has 0 bridgehead atoms. The summed E-state index contributed by atoms with van der Waals surface area (Å²) < 4.78 is 17.3. The summed E-state index contributed by atoms with van der Waals surface area (Å²) >= 11 is 3.13. The molecule has 0 aromatic heterocycles. The lowest BCUT2D eigenvalue weighted by atomic mass is 10.2. The Labute approximate surface area is 82.8 Å². The fraction of sp³-hybridized carbons (Fsp3) is 0.125. The number of ether oxygens (including phenoxy) is 1. The topological polar surface area (TPSA) is 52.3 Å². The molecule has 5 heteroatoms. The lowest BCUT2D eigenvalue weighted by molar-refractivity contribution is 0.210. The molecule has 0 fully saturated rings. The van der Waals surface area contributed by atoms with Crippen LogP contribution in [0.15, 0.2) is 18.2 Å². The van der Waals surface area contributed by atoms with Gasteiger partial charge in [0.1, 0.15) is 11.6 Å². The van der Waals surface area contributed by atoms with Gasteiger partial charge >= 0.3 is 6.09 Å². The second-order valence-corrected chi connectivity index (χ2v) is 2.87. The van der Waals surface area contributed by atoms with E-state index >= 15 is 0 Å².